The molecule has 2 unspecified atom stereocenters. The van der Waals surface area contributed by atoms with Crippen LogP contribution in [0.25, 0.3) is 0 Å². The van der Waals surface area contributed by atoms with E-state index in [1.807, 2.05) is 24.8 Å². The molecule has 0 aliphatic carbocycles. The molecule has 1 amide bonds. The summed E-state index contributed by atoms with van der Waals surface area (Å²) in [7, 11) is 0. The van der Waals surface area contributed by atoms with Crippen LogP contribution in [0.2, 0.25) is 0 Å². The third-order valence-corrected chi connectivity index (χ3v) is 3.73. The van der Waals surface area contributed by atoms with Crippen LogP contribution >= 0.6 is 0 Å². The van der Waals surface area contributed by atoms with Crippen molar-refractivity contribution in [2.75, 3.05) is 13.1 Å². The molecule has 110 valence electrons. The largest absolute Gasteiger partial charge is 0.372 e. The third-order valence-electron chi connectivity index (χ3n) is 3.73. The maximum Gasteiger partial charge on any atom is 0.225 e. The molecule has 1 aliphatic heterocycles. The molecule has 1 fully saturated rings. The van der Waals surface area contributed by atoms with Gasteiger partial charge in [0.1, 0.15) is 0 Å². The monoisotopic (exact) mass is 275 g/mol. The maximum atomic E-state index is 12.1. The Morgan fingerprint density at radius 1 is 1.30 bits per heavy atom. The molecule has 0 spiro atoms. The second kappa shape index (κ2) is 6.89. The molecule has 2 atom stereocenters. The van der Waals surface area contributed by atoms with E-state index in [1.54, 1.807) is 0 Å². The second-order valence-corrected chi connectivity index (χ2v) is 5.99. The molecule has 20 heavy (non-hydrogen) atoms. The van der Waals surface area contributed by atoms with Crippen molar-refractivity contribution < 1.29 is 9.53 Å². The summed E-state index contributed by atoms with van der Waals surface area (Å²) in [6.45, 7) is 7.42. The van der Waals surface area contributed by atoms with Gasteiger partial charge in [-0.15, -0.1) is 0 Å². The van der Waals surface area contributed by atoms with Gasteiger partial charge in [0.05, 0.1) is 12.2 Å². The number of amides is 1. The summed E-state index contributed by atoms with van der Waals surface area (Å²) in [4.78, 5) is 14.1. The predicted molar refractivity (Wildman–Crippen MR) is 80.5 cm³/mol. The Balaban J connectivity index is 1.90. The van der Waals surface area contributed by atoms with Crippen molar-refractivity contribution in [2.45, 2.75) is 45.8 Å². The number of hydrogen-bond acceptors (Lipinski definition) is 2. The van der Waals surface area contributed by atoms with Crippen molar-refractivity contribution in [1.82, 2.24) is 4.90 Å². The van der Waals surface area contributed by atoms with Gasteiger partial charge in [-0.2, -0.15) is 0 Å². The molecule has 0 saturated carbocycles. The van der Waals surface area contributed by atoms with Crippen LogP contribution in [-0.4, -0.2) is 36.1 Å². The second-order valence-electron chi connectivity index (χ2n) is 5.99. The average Bonchev–Trinajstić information content (AvgIpc) is 2.44. The van der Waals surface area contributed by atoms with Crippen molar-refractivity contribution in [3.8, 4) is 0 Å². The molecule has 0 N–H and O–H groups in total. The van der Waals surface area contributed by atoms with Gasteiger partial charge in [-0.05, 0) is 25.3 Å². The lowest BCUT2D eigenvalue weighted by atomic mass is 10.0. The van der Waals surface area contributed by atoms with Crippen LogP contribution in [0.1, 0.15) is 32.8 Å². The minimum atomic E-state index is 0.0649. The highest BCUT2D eigenvalue weighted by atomic mass is 16.5. The van der Waals surface area contributed by atoms with E-state index in [-0.39, 0.29) is 24.0 Å². The van der Waals surface area contributed by atoms with Gasteiger partial charge in [-0.3, -0.25) is 4.79 Å². The SMILES string of the molecule is CC1CN(C(=O)C(C)C)CC(CCc2ccccc2)O1. The fourth-order valence-corrected chi connectivity index (χ4v) is 2.72. The number of rotatable bonds is 4. The minimum Gasteiger partial charge on any atom is -0.372 e. The Labute approximate surface area is 121 Å². The smallest absolute Gasteiger partial charge is 0.225 e. The fraction of sp³-hybridized carbons (Fsp3) is 0.588. The van der Waals surface area contributed by atoms with Gasteiger partial charge in [0.15, 0.2) is 0 Å². The van der Waals surface area contributed by atoms with Crippen LogP contribution in [0.3, 0.4) is 0 Å². The Morgan fingerprint density at radius 3 is 2.65 bits per heavy atom. The van der Waals surface area contributed by atoms with Crippen LogP contribution in [-0.2, 0) is 16.0 Å². The van der Waals surface area contributed by atoms with Crippen LogP contribution in [0, 0.1) is 5.92 Å². The topological polar surface area (TPSA) is 29.5 Å². The quantitative estimate of drug-likeness (QED) is 0.845. The lowest BCUT2D eigenvalue weighted by Gasteiger charge is -2.37. The van der Waals surface area contributed by atoms with Crippen molar-refractivity contribution >= 4 is 5.91 Å². The van der Waals surface area contributed by atoms with Crippen molar-refractivity contribution in [3.05, 3.63) is 35.9 Å². The minimum absolute atomic E-state index is 0.0649. The van der Waals surface area contributed by atoms with Gasteiger partial charge < -0.3 is 9.64 Å². The number of morpholine rings is 1. The number of benzene rings is 1. The molecule has 3 nitrogen and oxygen atoms in total. The molecule has 1 saturated heterocycles. The highest BCUT2D eigenvalue weighted by Gasteiger charge is 2.29. The molecule has 3 heteroatoms. The Kier molecular flexibility index (Phi) is 5.18. The first kappa shape index (κ1) is 15.0. The van der Waals surface area contributed by atoms with Crippen LogP contribution in [0.15, 0.2) is 30.3 Å². The summed E-state index contributed by atoms with van der Waals surface area (Å²) in [6, 6.07) is 10.4. The lowest BCUT2D eigenvalue weighted by molar-refractivity contribution is -0.147. The normalized spacial score (nSPS) is 23.1. The fourth-order valence-electron chi connectivity index (χ4n) is 2.72. The van der Waals surface area contributed by atoms with E-state index in [1.165, 1.54) is 5.56 Å². The number of ether oxygens (including phenoxy) is 1. The maximum absolute atomic E-state index is 12.1. The molecular weight excluding hydrogens is 250 g/mol. The van der Waals surface area contributed by atoms with Crippen molar-refractivity contribution in [3.63, 3.8) is 0 Å². The summed E-state index contributed by atoms with van der Waals surface area (Å²) in [5, 5.41) is 0. The zero-order chi connectivity index (χ0) is 14.5. The van der Waals surface area contributed by atoms with Gasteiger partial charge in [-0.1, -0.05) is 44.2 Å². The Hall–Kier alpha value is -1.35. The van der Waals surface area contributed by atoms with E-state index in [4.69, 9.17) is 4.74 Å². The van der Waals surface area contributed by atoms with E-state index in [2.05, 4.69) is 31.2 Å². The molecule has 0 radical (unpaired) electrons. The van der Waals surface area contributed by atoms with Crippen LogP contribution in [0.5, 0.6) is 0 Å². The number of carbonyl (C=O) groups excluding carboxylic acids is 1. The van der Waals surface area contributed by atoms with E-state index in [0.717, 1.165) is 25.9 Å². The summed E-state index contributed by atoms with van der Waals surface area (Å²) < 4.78 is 5.97. The highest BCUT2D eigenvalue weighted by molar-refractivity contribution is 5.78. The molecule has 1 aromatic carbocycles. The summed E-state index contributed by atoms with van der Waals surface area (Å²) >= 11 is 0. The standard InChI is InChI=1S/C17H25NO2/c1-13(2)17(19)18-11-14(3)20-16(12-18)10-9-15-7-5-4-6-8-15/h4-8,13-14,16H,9-12H2,1-3H3. The molecule has 1 heterocycles. The first-order valence-corrected chi connectivity index (χ1v) is 7.54. The molecule has 2 rings (SSSR count). The van der Waals surface area contributed by atoms with Crippen molar-refractivity contribution in [2.24, 2.45) is 5.92 Å². The summed E-state index contributed by atoms with van der Waals surface area (Å²) in [6.07, 6.45) is 2.26. The van der Waals surface area contributed by atoms with Crippen LogP contribution < -0.4 is 0 Å². The van der Waals surface area contributed by atoms with E-state index in [0.29, 0.717) is 0 Å². The number of nitrogens with zero attached hydrogens (tertiary/aromatic N) is 1. The average molecular weight is 275 g/mol. The lowest BCUT2D eigenvalue weighted by Crippen LogP contribution is -2.50. The Morgan fingerprint density at radius 2 is 2.00 bits per heavy atom. The van der Waals surface area contributed by atoms with Gasteiger partial charge in [0, 0.05) is 19.0 Å². The van der Waals surface area contributed by atoms with Gasteiger partial charge in [0.25, 0.3) is 0 Å². The van der Waals surface area contributed by atoms with E-state index < -0.39 is 0 Å². The van der Waals surface area contributed by atoms with E-state index in [9.17, 15) is 4.79 Å². The van der Waals surface area contributed by atoms with Gasteiger partial charge >= 0.3 is 0 Å². The molecule has 0 aromatic heterocycles. The van der Waals surface area contributed by atoms with Crippen molar-refractivity contribution in [1.29, 1.82) is 0 Å². The zero-order valence-corrected chi connectivity index (χ0v) is 12.7. The molecule has 1 aliphatic rings. The molecule has 0 bridgehead atoms. The van der Waals surface area contributed by atoms with Gasteiger partial charge in [0.2, 0.25) is 5.91 Å². The number of aryl methyl sites for hydroxylation is 1. The first-order chi connectivity index (χ1) is 9.56. The number of hydrogen-bond donors (Lipinski definition) is 0. The molecular formula is C17H25NO2. The van der Waals surface area contributed by atoms with E-state index >= 15 is 0 Å². The summed E-state index contributed by atoms with van der Waals surface area (Å²) in [5.41, 5.74) is 1.33. The molecule has 1 aromatic rings. The zero-order valence-electron chi connectivity index (χ0n) is 12.7. The summed E-state index contributed by atoms with van der Waals surface area (Å²) in [5.74, 6) is 0.305. The van der Waals surface area contributed by atoms with Crippen LogP contribution in [0.4, 0.5) is 0 Å². The Bertz CT molecular complexity index is 430. The number of carbonyl (C=O) groups is 1. The van der Waals surface area contributed by atoms with Gasteiger partial charge in [-0.25, -0.2) is 0 Å². The first-order valence-electron chi connectivity index (χ1n) is 7.54. The highest BCUT2D eigenvalue weighted by Crippen LogP contribution is 2.18. The predicted octanol–water partition coefficient (Wildman–Crippen LogP) is 2.89. The third kappa shape index (κ3) is 4.07.